The highest BCUT2D eigenvalue weighted by Crippen LogP contribution is 2.45. The fraction of sp³-hybridized carbons (Fsp3) is 0.533. The van der Waals surface area contributed by atoms with Crippen LogP contribution in [0.1, 0.15) is 31.4 Å². The molecule has 1 aliphatic heterocycles. The summed E-state index contributed by atoms with van der Waals surface area (Å²) < 4.78 is 5.69. The van der Waals surface area contributed by atoms with Crippen LogP contribution in [0.2, 0.25) is 0 Å². The van der Waals surface area contributed by atoms with Gasteiger partial charge in [-0.1, -0.05) is 25.1 Å². The first kappa shape index (κ1) is 12.5. The summed E-state index contributed by atoms with van der Waals surface area (Å²) in [6.45, 7) is 4.11. The summed E-state index contributed by atoms with van der Waals surface area (Å²) in [4.78, 5) is 12.0. The molecular weight excluding hydrogens is 240 g/mol. The van der Waals surface area contributed by atoms with Gasteiger partial charge >= 0.3 is 0 Å². The minimum Gasteiger partial charge on any atom is -0.492 e. The molecule has 4 heteroatoms. The normalized spacial score (nSPS) is 23.7. The van der Waals surface area contributed by atoms with Gasteiger partial charge in [-0.2, -0.15) is 0 Å². The lowest BCUT2D eigenvalue weighted by Gasteiger charge is -2.19. The average Bonchev–Trinajstić information content (AvgIpc) is 3.20. The Kier molecular flexibility index (Phi) is 3.19. The molecule has 0 aromatic heterocycles. The van der Waals surface area contributed by atoms with Crippen molar-refractivity contribution >= 4 is 5.91 Å². The molecule has 1 unspecified atom stereocenters. The van der Waals surface area contributed by atoms with Crippen LogP contribution in [0.25, 0.3) is 0 Å². The van der Waals surface area contributed by atoms with Crippen molar-refractivity contribution in [3.8, 4) is 5.75 Å². The maximum Gasteiger partial charge on any atom is 0.226 e. The van der Waals surface area contributed by atoms with Crippen molar-refractivity contribution in [2.45, 2.75) is 25.8 Å². The van der Waals surface area contributed by atoms with Crippen LogP contribution in [0, 0.1) is 5.41 Å². The summed E-state index contributed by atoms with van der Waals surface area (Å²) in [6, 6.07) is 8.16. The molecule has 1 aliphatic carbocycles. The van der Waals surface area contributed by atoms with Crippen molar-refractivity contribution in [3.63, 3.8) is 0 Å². The molecule has 4 nitrogen and oxygen atoms in total. The van der Waals surface area contributed by atoms with Gasteiger partial charge in [0.2, 0.25) is 5.91 Å². The van der Waals surface area contributed by atoms with E-state index in [0.717, 1.165) is 30.7 Å². The van der Waals surface area contributed by atoms with E-state index < -0.39 is 0 Å². The fourth-order valence-electron chi connectivity index (χ4n) is 2.41. The fourth-order valence-corrected chi connectivity index (χ4v) is 2.41. The highest BCUT2D eigenvalue weighted by atomic mass is 16.5. The monoisotopic (exact) mass is 260 g/mol. The minimum atomic E-state index is -0.110. The van der Waals surface area contributed by atoms with Crippen LogP contribution in [0.15, 0.2) is 24.3 Å². The molecule has 2 N–H and O–H groups in total. The number of nitrogens with one attached hydrogen (secondary N) is 2. The average molecular weight is 260 g/mol. The van der Waals surface area contributed by atoms with Crippen LogP contribution in [0.5, 0.6) is 5.75 Å². The molecule has 1 saturated carbocycles. The zero-order valence-electron chi connectivity index (χ0n) is 11.2. The largest absolute Gasteiger partial charge is 0.492 e. The first-order valence-corrected chi connectivity index (χ1v) is 6.92. The van der Waals surface area contributed by atoms with E-state index in [2.05, 4.69) is 16.7 Å². The maximum atomic E-state index is 12.0. The van der Waals surface area contributed by atoms with Crippen molar-refractivity contribution < 1.29 is 9.53 Å². The minimum absolute atomic E-state index is 0.110. The lowest BCUT2D eigenvalue weighted by atomic mass is 10.0. The van der Waals surface area contributed by atoms with Crippen molar-refractivity contribution in [2.75, 3.05) is 19.7 Å². The summed E-state index contributed by atoms with van der Waals surface area (Å²) in [5, 5.41) is 6.49. The number of fused-ring (bicyclic) bond motifs is 1. The van der Waals surface area contributed by atoms with E-state index in [1.165, 1.54) is 0 Å². The Balaban J connectivity index is 1.68. The van der Waals surface area contributed by atoms with Crippen molar-refractivity contribution in [1.29, 1.82) is 0 Å². The molecule has 102 valence electrons. The van der Waals surface area contributed by atoms with Gasteiger partial charge in [-0.05, 0) is 18.9 Å². The second-order valence-electron chi connectivity index (χ2n) is 5.66. The third-order valence-corrected chi connectivity index (χ3v) is 4.06. The predicted octanol–water partition coefficient (Wildman–Crippen LogP) is 1.63. The van der Waals surface area contributed by atoms with E-state index in [9.17, 15) is 4.79 Å². The number of carbonyl (C=O) groups is 1. The molecule has 1 fully saturated rings. The summed E-state index contributed by atoms with van der Waals surface area (Å²) in [5.41, 5.74) is 1.02. The number of hydrogen-bond donors (Lipinski definition) is 2. The van der Waals surface area contributed by atoms with Crippen LogP contribution in [-0.2, 0) is 4.79 Å². The standard InChI is InChI=1S/C15H20N2O2/c1-15(6-7-15)14(18)17-10-12-11-4-2-3-5-13(11)19-9-8-16-12/h2-5,12,16H,6-10H2,1H3,(H,17,18). The van der Waals surface area contributed by atoms with Crippen LogP contribution >= 0.6 is 0 Å². The first-order chi connectivity index (χ1) is 9.19. The van der Waals surface area contributed by atoms with E-state index in [1.807, 2.05) is 25.1 Å². The molecule has 3 rings (SSSR count). The van der Waals surface area contributed by atoms with Gasteiger partial charge in [0.15, 0.2) is 0 Å². The van der Waals surface area contributed by atoms with Crippen molar-refractivity contribution in [2.24, 2.45) is 5.41 Å². The molecule has 0 saturated heterocycles. The topological polar surface area (TPSA) is 50.4 Å². The zero-order valence-corrected chi connectivity index (χ0v) is 11.2. The summed E-state index contributed by atoms with van der Waals surface area (Å²) in [5.74, 6) is 1.10. The van der Waals surface area contributed by atoms with Crippen LogP contribution in [0.3, 0.4) is 0 Å². The Morgan fingerprint density at radius 1 is 1.47 bits per heavy atom. The van der Waals surface area contributed by atoms with Crippen molar-refractivity contribution in [3.05, 3.63) is 29.8 Å². The zero-order chi connectivity index (χ0) is 13.3. The quantitative estimate of drug-likeness (QED) is 0.868. The molecule has 2 aliphatic rings. The molecule has 1 amide bonds. The second kappa shape index (κ2) is 4.85. The van der Waals surface area contributed by atoms with Gasteiger partial charge in [-0.15, -0.1) is 0 Å². The molecular formula is C15H20N2O2. The van der Waals surface area contributed by atoms with Gasteiger partial charge in [0.1, 0.15) is 12.4 Å². The molecule has 1 heterocycles. The van der Waals surface area contributed by atoms with Gasteiger partial charge in [0, 0.05) is 24.1 Å². The second-order valence-corrected chi connectivity index (χ2v) is 5.66. The number of para-hydroxylation sites is 1. The summed E-state index contributed by atoms with van der Waals surface area (Å²) in [6.07, 6.45) is 2.02. The molecule has 0 radical (unpaired) electrons. The van der Waals surface area contributed by atoms with E-state index in [1.54, 1.807) is 0 Å². The Morgan fingerprint density at radius 2 is 2.26 bits per heavy atom. The maximum absolute atomic E-state index is 12.0. The molecule has 0 spiro atoms. The Labute approximate surface area is 113 Å². The van der Waals surface area contributed by atoms with Crippen molar-refractivity contribution in [1.82, 2.24) is 10.6 Å². The van der Waals surface area contributed by atoms with E-state index in [0.29, 0.717) is 13.2 Å². The summed E-state index contributed by atoms with van der Waals surface area (Å²) in [7, 11) is 0. The summed E-state index contributed by atoms with van der Waals surface area (Å²) >= 11 is 0. The number of rotatable bonds is 3. The van der Waals surface area contributed by atoms with Gasteiger partial charge in [-0.25, -0.2) is 0 Å². The number of carbonyl (C=O) groups excluding carboxylic acids is 1. The van der Waals surface area contributed by atoms with E-state index in [4.69, 9.17) is 4.74 Å². The Morgan fingerprint density at radius 3 is 3.05 bits per heavy atom. The Bertz CT molecular complexity index is 483. The molecule has 1 aromatic rings. The Hall–Kier alpha value is -1.55. The van der Waals surface area contributed by atoms with Crippen LogP contribution < -0.4 is 15.4 Å². The van der Waals surface area contributed by atoms with Gasteiger partial charge < -0.3 is 15.4 Å². The lowest BCUT2D eigenvalue weighted by molar-refractivity contribution is -0.125. The van der Waals surface area contributed by atoms with E-state index >= 15 is 0 Å². The number of amides is 1. The number of ether oxygens (including phenoxy) is 1. The molecule has 1 atom stereocenters. The molecule has 0 bridgehead atoms. The van der Waals surface area contributed by atoms with Gasteiger partial charge in [0.05, 0.1) is 6.04 Å². The van der Waals surface area contributed by atoms with Gasteiger partial charge in [0.25, 0.3) is 0 Å². The predicted molar refractivity (Wildman–Crippen MR) is 73.0 cm³/mol. The molecule has 1 aromatic carbocycles. The van der Waals surface area contributed by atoms with Crippen LogP contribution in [0.4, 0.5) is 0 Å². The SMILES string of the molecule is CC1(C(=O)NCC2NCCOc3ccccc32)CC1. The molecule has 19 heavy (non-hydrogen) atoms. The highest BCUT2D eigenvalue weighted by molar-refractivity contribution is 5.84. The first-order valence-electron chi connectivity index (χ1n) is 6.92. The number of hydrogen-bond acceptors (Lipinski definition) is 3. The van der Waals surface area contributed by atoms with Crippen LogP contribution in [-0.4, -0.2) is 25.6 Å². The lowest BCUT2D eigenvalue weighted by Crippen LogP contribution is -2.38. The third kappa shape index (κ3) is 2.59. The van der Waals surface area contributed by atoms with E-state index in [-0.39, 0.29) is 17.4 Å². The number of benzene rings is 1. The smallest absolute Gasteiger partial charge is 0.226 e. The van der Waals surface area contributed by atoms with Gasteiger partial charge in [-0.3, -0.25) is 4.79 Å². The third-order valence-electron chi connectivity index (χ3n) is 4.06. The highest BCUT2D eigenvalue weighted by Gasteiger charge is 2.44.